The number of H-pyrrole nitrogens is 1. The van der Waals surface area contributed by atoms with Gasteiger partial charge in [-0.25, -0.2) is 9.71 Å². The number of imidazole rings is 1. The fraction of sp³-hybridized carbons (Fsp3) is 0.750. The molecule has 1 aliphatic rings. The molecule has 1 fully saturated rings. The predicted octanol–water partition coefficient (Wildman–Crippen LogP) is -0.153. The highest BCUT2D eigenvalue weighted by Crippen LogP contribution is 2.17. The first-order valence-corrected chi connectivity index (χ1v) is 8.49. The van der Waals surface area contributed by atoms with Crippen molar-refractivity contribution in [3.05, 3.63) is 18.2 Å². The van der Waals surface area contributed by atoms with E-state index in [0.717, 1.165) is 31.5 Å². The zero-order chi connectivity index (χ0) is 14.4. The highest BCUT2D eigenvalue weighted by molar-refractivity contribution is 7.87. The number of nitrogens with zero attached hydrogens (tertiary/aromatic N) is 2. The van der Waals surface area contributed by atoms with Gasteiger partial charge in [-0.1, -0.05) is 0 Å². The Kier molecular flexibility index (Phi) is 5.53. The van der Waals surface area contributed by atoms with Gasteiger partial charge in [0, 0.05) is 38.4 Å². The molecule has 0 spiro atoms. The molecule has 1 aromatic heterocycles. The third-order valence-electron chi connectivity index (χ3n) is 3.68. The fourth-order valence-electron chi connectivity index (χ4n) is 2.37. The summed E-state index contributed by atoms with van der Waals surface area (Å²) in [5.41, 5.74) is 5.61. The van der Waals surface area contributed by atoms with Gasteiger partial charge in [-0.3, -0.25) is 0 Å². The molecule has 0 amide bonds. The zero-order valence-corrected chi connectivity index (χ0v) is 12.4. The maximum atomic E-state index is 12.1. The second kappa shape index (κ2) is 7.16. The Morgan fingerprint density at radius 2 is 2.20 bits per heavy atom. The Hall–Kier alpha value is -0.960. The van der Waals surface area contributed by atoms with Crippen molar-refractivity contribution in [2.45, 2.75) is 25.7 Å². The van der Waals surface area contributed by atoms with Gasteiger partial charge in [0.05, 0.1) is 0 Å². The first-order valence-electron chi connectivity index (χ1n) is 7.05. The van der Waals surface area contributed by atoms with Crippen LogP contribution in [0.2, 0.25) is 0 Å². The number of hydrogen-bond donors (Lipinski definition) is 3. The van der Waals surface area contributed by atoms with Crippen LogP contribution in [0.4, 0.5) is 0 Å². The van der Waals surface area contributed by atoms with Crippen molar-refractivity contribution in [2.24, 2.45) is 11.7 Å². The Morgan fingerprint density at radius 3 is 2.80 bits per heavy atom. The number of nitrogens with two attached hydrogens (primary N) is 1. The van der Waals surface area contributed by atoms with Crippen molar-refractivity contribution >= 4 is 10.2 Å². The Bertz CT molecular complexity index is 480. The largest absolute Gasteiger partial charge is 0.349 e. The molecule has 0 radical (unpaired) electrons. The van der Waals surface area contributed by atoms with Gasteiger partial charge in [-0.05, 0) is 31.7 Å². The van der Waals surface area contributed by atoms with Crippen molar-refractivity contribution in [3.8, 4) is 0 Å². The summed E-state index contributed by atoms with van der Waals surface area (Å²) in [6, 6.07) is 0. The molecule has 0 atom stereocenters. The second-order valence-electron chi connectivity index (χ2n) is 5.12. The van der Waals surface area contributed by atoms with Crippen molar-refractivity contribution in [1.29, 1.82) is 0 Å². The molecule has 20 heavy (non-hydrogen) atoms. The smallest absolute Gasteiger partial charge is 0.279 e. The molecule has 8 heteroatoms. The predicted molar refractivity (Wildman–Crippen MR) is 77.2 cm³/mol. The number of aromatic nitrogens is 2. The minimum absolute atomic E-state index is 0.430. The standard InChI is InChI=1S/C12H23N5O2S/c13-10-11-3-8-17(9-4-11)20(18,19)16-5-1-2-12-14-6-7-15-12/h6-7,11,16H,1-5,8-10,13H2,(H,14,15). The lowest BCUT2D eigenvalue weighted by molar-refractivity contribution is 0.276. The summed E-state index contributed by atoms with van der Waals surface area (Å²) in [4.78, 5) is 7.10. The van der Waals surface area contributed by atoms with E-state index in [2.05, 4.69) is 14.7 Å². The van der Waals surface area contributed by atoms with E-state index in [9.17, 15) is 8.42 Å². The van der Waals surface area contributed by atoms with Gasteiger partial charge in [-0.15, -0.1) is 0 Å². The quantitative estimate of drug-likeness (QED) is 0.609. The number of hydrogen-bond acceptors (Lipinski definition) is 4. The highest BCUT2D eigenvalue weighted by Gasteiger charge is 2.26. The maximum absolute atomic E-state index is 12.1. The van der Waals surface area contributed by atoms with Crippen LogP contribution >= 0.6 is 0 Å². The molecule has 1 aromatic rings. The van der Waals surface area contributed by atoms with Crippen LogP contribution in [0, 0.1) is 5.92 Å². The third-order valence-corrected chi connectivity index (χ3v) is 5.29. The van der Waals surface area contributed by atoms with Gasteiger partial charge in [0.2, 0.25) is 0 Å². The van der Waals surface area contributed by atoms with Gasteiger partial charge in [-0.2, -0.15) is 12.7 Å². The van der Waals surface area contributed by atoms with Crippen molar-refractivity contribution < 1.29 is 8.42 Å². The minimum Gasteiger partial charge on any atom is -0.349 e. The molecule has 0 unspecified atom stereocenters. The van der Waals surface area contributed by atoms with E-state index in [1.807, 2.05) is 0 Å². The Morgan fingerprint density at radius 1 is 1.45 bits per heavy atom. The van der Waals surface area contributed by atoms with Gasteiger partial charge in [0.15, 0.2) is 0 Å². The van der Waals surface area contributed by atoms with E-state index < -0.39 is 10.2 Å². The van der Waals surface area contributed by atoms with Gasteiger partial charge in [0.1, 0.15) is 5.82 Å². The summed E-state index contributed by atoms with van der Waals surface area (Å²) in [7, 11) is -3.34. The molecule has 1 aliphatic heterocycles. The minimum atomic E-state index is -3.34. The Labute approximate surface area is 120 Å². The third kappa shape index (κ3) is 4.27. The summed E-state index contributed by atoms with van der Waals surface area (Å²) in [6.07, 6.45) is 6.63. The summed E-state index contributed by atoms with van der Waals surface area (Å²) in [6.45, 7) is 2.20. The molecule has 1 saturated heterocycles. The van der Waals surface area contributed by atoms with Crippen molar-refractivity contribution in [1.82, 2.24) is 19.0 Å². The molecule has 7 nitrogen and oxygen atoms in total. The lowest BCUT2D eigenvalue weighted by atomic mass is 9.99. The van der Waals surface area contributed by atoms with Crippen LogP contribution in [0.3, 0.4) is 0 Å². The van der Waals surface area contributed by atoms with Crippen LogP contribution < -0.4 is 10.5 Å². The van der Waals surface area contributed by atoms with Crippen molar-refractivity contribution in [2.75, 3.05) is 26.2 Å². The molecule has 4 N–H and O–H groups in total. The summed E-state index contributed by atoms with van der Waals surface area (Å²) in [5, 5.41) is 0. The first kappa shape index (κ1) is 15.4. The SMILES string of the molecule is NCC1CCN(S(=O)(=O)NCCCc2ncc[nH]2)CC1. The maximum Gasteiger partial charge on any atom is 0.279 e. The lowest BCUT2D eigenvalue weighted by Gasteiger charge is -2.30. The number of piperidine rings is 1. The van der Waals surface area contributed by atoms with E-state index in [1.165, 1.54) is 4.31 Å². The topological polar surface area (TPSA) is 104 Å². The first-order chi connectivity index (χ1) is 9.62. The van der Waals surface area contributed by atoms with E-state index in [4.69, 9.17) is 5.73 Å². The van der Waals surface area contributed by atoms with E-state index >= 15 is 0 Å². The monoisotopic (exact) mass is 301 g/mol. The molecule has 2 rings (SSSR count). The normalized spacial score (nSPS) is 18.4. The Balaban J connectivity index is 1.71. The van der Waals surface area contributed by atoms with Crippen LogP contribution in [0.1, 0.15) is 25.1 Å². The number of rotatable bonds is 7. The molecule has 0 aliphatic carbocycles. The van der Waals surface area contributed by atoms with Crippen molar-refractivity contribution in [3.63, 3.8) is 0 Å². The average Bonchev–Trinajstić information content (AvgIpc) is 2.97. The fourth-order valence-corrected chi connectivity index (χ4v) is 3.64. The van der Waals surface area contributed by atoms with Crippen LogP contribution in [0.5, 0.6) is 0 Å². The molecular weight excluding hydrogens is 278 g/mol. The number of aromatic amines is 1. The average molecular weight is 301 g/mol. The van der Waals surface area contributed by atoms with Crippen LogP contribution in [0.25, 0.3) is 0 Å². The van der Waals surface area contributed by atoms with E-state index in [0.29, 0.717) is 32.1 Å². The van der Waals surface area contributed by atoms with E-state index in [-0.39, 0.29) is 0 Å². The van der Waals surface area contributed by atoms with E-state index in [1.54, 1.807) is 12.4 Å². The summed E-state index contributed by atoms with van der Waals surface area (Å²) >= 11 is 0. The molecule has 0 saturated carbocycles. The van der Waals surface area contributed by atoms with Gasteiger partial charge >= 0.3 is 0 Å². The molecule has 0 aromatic carbocycles. The highest BCUT2D eigenvalue weighted by atomic mass is 32.2. The molecule has 0 bridgehead atoms. The van der Waals surface area contributed by atoms with Gasteiger partial charge in [0.25, 0.3) is 10.2 Å². The zero-order valence-electron chi connectivity index (χ0n) is 11.6. The molecule has 2 heterocycles. The molecule has 114 valence electrons. The van der Waals surface area contributed by atoms with Crippen LogP contribution in [0.15, 0.2) is 12.4 Å². The second-order valence-corrected chi connectivity index (χ2v) is 6.87. The number of aryl methyl sites for hydroxylation is 1. The molecular formula is C12H23N5O2S. The lowest BCUT2D eigenvalue weighted by Crippen LogP contribution is -2.46. The van der Waals surface area contributed by atoms with Crippen LogP contribution in [-0.4, -0.2) is 48.9 Å². The summed E-state index contributed by atoms with van der Waals surface area (Å²) < 4.78 is 28.4. The number of nitrogens with one attached hydrogen (secondary N) is 2. The summed E-state index contributed by atoms with van der Waals surface area (Å²) in [5.74, 6) is 1.34. The van der Waals surface area contributed by atoms with Gasteiger partial charge < -0.3 is 10.7 Å². The van der Waals surface area contributed by atoms with Crippen LogP contribution in [-0.2, 0) is 16.6 Å².